The minimum absolute atomic E-state index is 0.222. The molecule has 5 rings (SSSR count). The smallest absolute Gasteiger partial charge is 0.132 e. The Balaban J connectivity index is 1.65. The molecule has 3 aromatic carbocycles. The highest BCUT2D eigenvalue weighted by Crippen LogP contribution is 2.38. The number of nitrogens with zero attached hydrogens (tertiary/aromatic N) is 3. The molecule has 30 heavy (non-hydrogen) atoms. The third-order valence-electron chi connectivity index (χ3n) is 5.80. The normalized spacial score (nSPS) is 13.7. The average Bonchev–Trinajstić information content (AvgIpc) is 3.42. The SMILES string of the molecule is Cc1nn(-c2ccc(-c3ccccc3)cc2)c(-c2ccccc2F)c1N1CCCC1. The first-order valence-corrected chi connectivity index (χ1v) is 10.5. The van der Waals surface area contributed by atoms with E-state index in [1.165, 1.54) is 11.6 Å². The number of rotatable bonds is 4. The van der Waals surface area contributed by atoms with Crippen LogP contribution >= 0.6 is 0 Å². The fourth-order valence-corrected chi connectivity index (χ4v) is 4.35. The first kappa shape index (κ1) is 18.6. The van der Waals surface area contributed by atoms with Gasteiger partial charge in [-0.1, -0.05) is 54.6 Å². The number of benzene rings is 3. The first-order valence-electron chi connectivity index (χ1n) is 10.5. The van der Waals surface area contributed by atoms with Crippen LogP contribution in [0.4, 0.5) is 10.1 Å². The lowest BCUT2D eigenvalue weighted by molar-refractivity contribution is 0.629. The van der Waals surface area contributed by atoms with Gasteiger partial charge in [-0.3, -0.25) is 0 Å². The zero-order valence-corrected chi connectivity index (χ0v) is 17.1. The van der Waals surface area contributed by atoms with Gasteiger partial charge in [-0.05, 0) is 55.2 Å². The molecule has 0 aliphatic carbocycles. The van der Waals surface area contributed by atoms with Crippen LogP contribution in [0, 0.1) is 12.7 Å². The van der Waals surface area contributed by atoms with Gasteiger partial charge in [0.05, 0.1) is 17.1 Å². The minimum Gasteiger partial charge on any atom is -0.368 e. The minimum atomic E-state index is -0.222. The van der Waals surface area contributed by atoms with Crippen LogP contribution in [-0.2, 0) is 0 Å². The molecule has 0 atom stereocenters. The van der Waals surface area contributed by atoms with Gasteiger partial charge in [0.15, 0.2) is 0 Å². The molecule has 0 amide bonds. The molecule has 2 heterocycles. The molecule has 0 spiro atoms. The summed E-state index contributed by atoms with van der Waals surface area (Å²) in [5.74, 6) is -0.222. The van der Waals surface area contributed by atoms with E-state index in [0.29, 0.717) is 5.56 Å². The summed E-state index contributed by atoms with van der Waals surface area (Å²) in [5, 5.41) is 4.85. The molecule has 1 aromatic heterocycles. The van der Waals surface area contributed by atoms with Crippen molar-refractivity contribution in [2.24, 2.45) is 0 Å². The first-order chi connectivity index (χ1) is 14.7. The van der Waals surface area contributed by atoms with Crippen molar-refractivity contribution in [1.29, 1.82) is 0 Å². The molecule has 0 radical (unpaired) electrons. The predicted octanol–water partition coefficient (Wildman–Crippen LogP) is 6.25. The van der Waals surface area contributed by atoms with Crippen LogP contribution in [0.5, 0.6) is 0 Å². The summed E-state index contributed by atoms with van der Waals surface area (Å²) in [5.41, 5.74) is 6.66. The third-order valence-corrected chi connectivity index (χ3v) is 5.80. The fourth-order valence-electron chi connectivity index (χ4n) is 4.35. The van der Waals surface area contributed by atoms with Crippen molar-refractivity contribution >= 4 is 5.69 Å². The maximum atomic E-state index is 14.9. The van der Waals surface area contributed by atoms with Gasteiger partial charge in [-0.15, -0.1) is 0 Å². The highest BCUT2D eigenvalue weighted by Gasteiger charge is 2.26. The van der Waals surface area contributed by atoms with E-state index in [1.807, 2.05) is 41.9 Å². The molecule has 150 valence electrons. The number of hydrogen-bond donors (Lipinski definition) is 0. The molecule has 1 saturated heterocycles. The molecule has 0 saturated carbocycles. The summed E-state index contributed by atoms with van der Waals surface area (Å²) in [4.78, 5) is 2.35. The molecule has 0 bridgehead atoms. The van der Waals surface area contributed by atoms with Crippen LogP contribution in [-0.4, -0.2) is 22.9 Å². The van der Waals surface area contributed by atoms with Gasteiger partial charge in [0.2, 0.25) is 0 Å². The number of aryl methyl sites for hydroxylation is 1. The van der Waals surface area contributed by atoms with E-state index in [-0.39, 0.29) is 5.82 Å². The second-order valence-electron chi connectivity index (χ2n) is 7.78. The maximum absolute atomic E-state index is 14.9. The summed E-state index contributed by atoms with van der Waals surface area (Å²) >= 11 is 0. The van der Waals surface area contributed by atoms with Crippen LogP contribution in [0.15, 0.2) is 78.9 Å². The molecular weight excluding hydrogens is 373 g/mol. The monoisotopic (exact) mass is 397 g/mol. The Kier molecular flexibility index (Phi) is 4.83. The van der Waals surface area contributed by atoms with Crippen LogP contribution in [0.1, 0.15) is 18.5 Å². The van der Waals surface area contributed by atoms with E-state index in [9.17, 15) is 4.39 Å². The van der Waals surface area contributed by atoms with Crippen molar-refractivity contribution in [2.75, 3.05) is 18.0 Å². The standard InChI is InChI=1S/C26H24FN3/c1-19-25(29-17-7-8-18-29)26(23-11-5-6-12-24(23)27)30(28-19)22-15-13-21(14-16-22)20-9-3-2-4-10-20/h2-6,9-16H,7-8,17-18H2,1H3. The Hall–Kier alpha value is -3.40. The molecule has 1 aliphatic heterocycles. The van der Waals surface area contributed by atoms with Gasteiger partial charge in [0.25, 0.3) is 0 Å². The Morgan fingerprint density at radius 2 is 1.40 bits per heavy atom. The van der Waals surface area contributed by atoms with Gasteiger partial charge in [-0.25, -0.2) is 9.07 Å². The van der Waals surface area contributed by atoms with Gasteiger partial charge in [0, 0.05) is 18.7 Å². The fraction of sp³-hybridized carbons (Fsp3) is 0.192. The van der Waals surface area contributed by atoms with E-state index in [0.717, 1.165) is 54.3 Å². The molecule has 0 N–H and O–H groups in total. The number of halogens is 1. The summed E-state index contributed by atoms with van der Waals surface area (Å²) in [6.07, 6.45) is 2.32. The highest BCUT2D eigenvalue weighted by molar-refractivity contribution is 5.80. The molecule has 3 nitrogen and oxygen atoms in total. The Morgan fingerprint density at radius 3 is 2.10 bits per heavy atom. The van der Waals surface area contributed by atoms with Crippen molar-refractivity contribution in [2.45, 2.75) is 19.8 Å². The molecular formula is C26H24FN3. The maximum Gasteiger partial charge on any atom is 0.132 e. The lowest BCUT2D eigenvalue weighted by Crippen LogP contribution is -2.19. The quantitative estimate of drug-likeness (QED) is 0.406. The summed E-state index contributed by atoms with van der Waals surface area (Å²) in [6.45, 7) is 3.99. The largest absolute Gasteiger partial charge is 0.368 e. The molecule has 4 aromatic rings. The van der Waals surface area contributed by atoms with Crippen molar-refractivity contribution in [3.8, 4) is 28.1 Å². The van der Waals surface area contributed by atoms with E-state index >= 15 is 0 Å². The average molecular weight is 397 g/mol. The lowest BCUT2D eigenvalue weighted by Gasteiger charge is -2.20. The lowest BCUT2D eigenvalue weighted by atomic mass is 10.1. The van der Waals surface area contributed by atoms with Crippen molar-refractivity contribution in [3.63, 3.8) is 0 Å². The molecule has 1 aliphatic rings. The van der Waals surface area contributed by atoms with Crippen molar-refractivity contribution in [3.05, 3.63) is 90.4 Å². The van der Waals surface area contributed by atoms with Crippen LogP contribution in [0.3, 0.4) is 0 Å². The Labute approximate surface area is 176 Å². The zero-order valence-electron chi connectivity index (χ0n) is 17.1. The summed E-state index contributed by atoms with van der Waals surface area (Å²) < 4.78 is 16.8. The zero-order chi connectivity index (χ0) is 20.5. The van der Waals surface area contributed by atoms with Gasteiger partial charge in [-0.2, -0.15) is 5.10 Å². The highest BCUT2D eigenvalue weighted by atomic mass is 19.1. The van der Waals surface area contributed by atoms with Crippen molar-refractivity contribution < 1.29 is 4.39 Å². The summed E-state index contributed by atoms with van der Waals surface area (Å²) in [6, 6.07) is 25.6. The van der Waals surface area contributed by atoms with Gasteiger partial charge in [0.1, 0.15) is 11.5 Å². The molecule has 4 heteroatoms. The van der Waals surface area contributed by atoms with E-state index in [2.05, 4.69) is 41.3 Å². The van der Waals surface area contributed by atoms with Gasteiger partial charge >= 0.3 is 0 Å². The second kappa shape index (κ2) is 7.79. The van der Waals surface area contributed by atoms with Crippen LogP contribution in [0.25, 0.3) is 28.1 Å². The van der Waals surface area contributed by atoms with Gasteiger partial charge < -0.3 is 4.90 Å². The number of anilines is 1. The summed E-state index contributed by atoms with van der Waals surface area (Å²) in [7, 11) is 0. The topological polar surface area (TPSA) is 21.1 Å². The Bertz CT molecular complexity index is 1160. The molecule has 0 unspecified atom stereocenters. The predicted molar refractivity (Wildman–Crippen MR) is 121 cm³/mol. The van der Waals surface area contributed by atoms with Crippen LogP contribution < -0.4 is 4.90 Å². The van der Waals surface area contributed by atoms with E-state index in [1.54, 1.807) is 6.07 Å². The van der Waals surface area contributed by atoms with E-state index in [4.69, 9.17) is 5.10 Å². The number of hydrogen-bond acceptors (Lipinski definition) is 2. The molecule has 1 fully saturated rings. The number of aromatic nitrogens is 2. The second-order valence-corrected chi connectivity index (χ2v) is 7.78. The van der Waals surface area contributed by atoms with Crippen LogP contribution in [0.2, 0.25) is 0 Å². The van der Waals surface area contributed by atoms with Crippen molar-refractivity contribution in [1.82, 2.24) is 9.78 Å². The Morgan fingerprint density at radius 1 is 0.767 bits per heavy atom. The van der Waals surface area contributed by atoms with E-state index < -0.39 is 0 Å². The third kappa shape index (κ3) is 3.28.